The van der Waals surface area contributed by atoms with Crippen molar-refractivity contribution in [3.8, 4) is 0 Å². The second-order valence-electron chi connectivity index (χ2n) is 5.23. The standard InChI is InChI=1S/C13H23N3.2C2H6/c1-10-5-7-16(8-6-10)9-13-11(2)14-15(4)12(13)3;2*1-2/h10H,5-9H2,1-4H3;2*1-2H3. The van der Waals surface area contributed by atoms with E-state index in [1.54, 1.807) is 0 Å². The van der Waals surface area contributed by atoms with Crippen LogP contribution in [0.1, 0.15) is 64.4 Å². The molecule has 0 bridgehead atoms. The van der Waals surface area contributed by atoms with Crippen molar-refractivity contribution >= 4 is 0 Å². The van der Waals surface area contributed by atoms with E-state index in [9.17, 15) is 0 Å². The first-order chi connectivity index (χ1) is 9.58. The van der Waals surface area contributed by atoms with Gasteiger partial charge in [0.2, 0.25) is 0 Å². The van der Waals surface area contributed by atoms with Crippen LogP contribution in [-0.4, -0.2) is 27.8 Å². The van der Waals surface area contributed by atoms with E-state index in [4.69, 9.17) is 0 Å². The molecular formula is C17H35N3. The van der Waals surface area contributed by atoms with Gasteiger partial charge in [-0.05, 0) is 45.7 Å². The highest BCUT2D eigenvalue weighted by Crippen LogP contribution is 2.20. The van der Waals surface area contributed by atoms with Gasteiger partial charge < -0.3 is 0 Å². The molecule has 0 amide bonds. The third kappa shape index (κ3) is 5.28. The third-order valence-corrected chi connectivity index (χ3v) is 3.92. The van der Waals surface area contributed by atoms with Crippen LogP contribution in [0.5, 0.6) is 0 Å². The summed E-state index contributed by atoms with van der Waals surface area (Å²) in [6.07, 6.45) is 2.69. The van der Waals surface area contributed by atoms with E-state index in [0.717, 1.165) is 12.5 Å². The fraction of sp³-hybridized carbons (Fsp3) is 0.824. The highest BCUT2D eigenvalue weighted by Gasteiger charge is 2.18. The van der Waals surface area contributed by atoms with Gasteiger partial charge in [-0.15, -0.1) is 0 Å². The van der Waals surface area contributed by atoms with Crippen LogP contribution in [0, 0.1) is 19.8 Å². The van der Waals surface area contributed by atoms with Crippen LogP contribution in [0.15, 0.2) is 0 Å². The van der Waals surface area contributed by atoms with E-state index >= 15 is 0 Å². The fourth-order valence-electron chi connectivity index (χ4n) is 2.49. The first kappa shape index (κ1) is 19.2. The number of hydrogen-bond donors (Lipinski definition) is 0. The second kappa shape index (κ2) is 9.98. The molecule has 1 aliphatic rings. The zero-order valence-corrected chi connectivity index (χ0v) is 15.0. The normalized spacial score (nSPS) is 16.0. The Morgan fingerprint density at radius 3 is 1.95 bits per heavy atom. The number of aryl methyl sites for hydroxylation is 2. The number of aromatic nitrogens is 2. The van der Waals surface area contributed by atoms with Gasteiger partial charge >= 0.3 is 0 Å². The van der Waals surface area contributed by atoms with Crippen LogP contribution in [0.2, 0.25) is 0 Å². The Morgan fingerprint density at radius 2 is 1.55 bits per heavy atom. The predicted molar refractivity (Wildman–Crippen MR) is 89.1 cm³/mol. The molecule has 0 saturated carbocycles. The largest absolute Gasteiger partial charge is 0.299 e. The highest BCUT2D eigenvalue weighted by molar-refractivity contribution is 5.24. The van der Waals surface area contributed by atoms with Crippen LogP contribution < -0.4 is 0 Å². The lowest BCUT2D eigenvalue weighted by molar-refractivity contribution is 0.184. The van der Waals surface area contributed by atoms with Gasteiger partial charge in [0, 0.05) is 24.8 Å². The topological polar surface area (TPSA) is 21.1 Å². The van der Waals surface area contributed by atoms with E-state index in [1.165, 1.54) is 42.9 Å². The van der Waals surface area contributed by atoms with Crippen molar-refractivity contribution in [1.82, 2.24) is 14.7 Å². The monoisotopic (exact) mass is 281 g/mol. The first-order valence-corrected chi connectivity index (χ1v) is 8.29. The summed E-state index contributed by atoms with van der Waals surface area (Å²) in [6, 6.07) is 0. The average molecular weight is 281 g/mol. The van der Waals surface area contributed by atoms with Gasteiger partial charge in [0.05, 0.1) is 5.69 Å². The zero-order valence-electron chi connectivity index (χ0n) is 15.0. The average Bonchev–Trinajstić information content (AvgIpc) is 2.72. The molecule has 3 heteroatoms. The Labute approximate surface area is 126 Å². The minimum absolute atomic E-state index is 0.910. The lowest BCUT2D eigenvalue weighted by Gasteiger charge is -2.30. The minimum Gasteiger partial charge on any atom is -0.299 e. The first-order valence-electron chi connectivity index (χ1n) is 8.29. The SMILES string of the molecule is CC.CC.Cc1nn(C)c(C)c1CN1CCC(C)CC1. The van der Waals surface area contributed by atoms with Gasteiger partial charge in [-0.1, -0.05) is 34.6 Å². The molecule has 0 radical (unpaired) electrons. The lowest BCUT2D eigenvalue weighted by Crippen LogP contribution is -2.32. The number of likely N-dealkylation sites (tertiary alicyclic amines) is 1. The molecule has 2 heterocycles. The maximum absolute atomic E-state index is 4.48. The fourth-order valence-corrected chi connectivity index (χ4v) is 2.49. The molecule has 1 saturated heterocycles. The van der Waals surface area contributed by atoms with Crippen LogP contribution in [0.3, 0.4) is 0 Å². The van der Waals surface area contributed by atoms with E-state index in [1.807, 2.05) is 39.4 Å². The van der Waals surface area contributed by atoms with E-state index in [-0.39, 0.29) is 0 Å². The highest BCUT2D eigenvalue weighted by atomic mass is 15.3. The summed E-state index contributed by atoms with van der Waals surface area (Å²) in [5, 5.41) is 4.48. The lowest BCUT2D eigenvalue weighted by atomic mass is 9.99. The summed E-state index contributed by atoms with van der Waals surface area (Å²) in [5.41, 5.74) is 3.94. The summed E-state index contributed by atoms with van der Waals surface area (Å²) >= 11 is 0. The molecule has 0 N–H and O–H groups in total. The van der Waals surface area contributed by atoms with E-state index in [2.05, 4.69) is 30.8 Å². The molecule has 0 aliphatic carbocycles. The number of rotatable bonds is 2. The van der Waals surface area contributed by atoms with E-state index in [0.29, 0.717) is 0 Å². The minimum atomic E-state index is 0.910. The van der Waals surface area contributed by atoms with Crippen molar-refractivity contribution in [3.05, 3.63) is 17.0 Å². The summed E-state index contributed by atoms with van der Waals surface area (Å²) < 4.78 is 2.00. The van der Waals surface area contributed by atoms with Crippen molar-refractivity contribution in [2.24, 2.45) is 13.0 Å². The Balaban J connectivity index is 0.000000829. The summed E-state index contributed by atoms with van der Waals surface area (Å²) in [6.45, 7) is 18.2. The third-order valence-electron chi connectivity index (χ3n) is 3.92. The van der Waals surface area contributed by atoms with Crippen LogP contribution in [-0.2, 0) is 13.6 Å². The van der Waals surface area contributed by atoms with Crippen molar-refractivity contribution < 1.29 is 0 Å². The molecule has 3 nitrogen and oxygen atoms in total. The molecule has 1 aromatic heterocycles. The Kier molecular flexibility index (Phi) is 9.56. The molecular weight excluding hydrogens is 246 g/mol. The summed E-state index contributed by atoms with van der Waals surface area (Å²) in [5.74, 6) is 0.910. The van der Waals surface area contributed by atoms with Crippen molar-refractivity contribution in [2.75, 3.05) is 13.1 Å². The molecule has 20 heavy (non-hydrogen) atoms. The molecule has 2 rings (SSSR count). The second-order valence-corrected chi connectivity index (χ2v) is 5.23. The molecule has 0 aromatic carbocycles. The Bertz CT molecular complexity index is 361. The Morgan fingerprint density at radius 1 is 1.05 bits per heavy atom. The maximum Gasteiger partial charge on any atom is 0.0641 e. The van der Waals surface area contributed by atoms with Crippen LogP contribution in [0.25, 0.3) is 0 Å². The van der Waals surface area contributed by atoms with Gasteiger partial charge in [-0.3, -0.25) is 9.58 Å². The number of nitrogens with zero attached hydrogens (tertiary/aromatic N) is 3. The predicted octanol–water partition coefficient (Wildman–Crippen LogP) is 4.32. The van der Waals surface area contributed by atoms with Gasteiger partial charge in [-0.25, -0.2) is 0 Å². The van der Waals surface area contributed by atoms with Gasteiger partial charge in [0.15, 0.2) is 0 Å². The molecule has 0 atom stereocenters. The quantitative estimate of drug-likeness (QED) is 0.805. The van der Waals surface area contributed by atoms with Crippen LogP contribution in [0.4, 0.5) is 0 Å². The summed E-state index contributed by atoms with van der Waals surface area (Å²) in [7, 11) is 2.03. The van der Waals surface area contributed by atoms with Crippen molar-refractivity contribution in [1.29, 1.82) is 0 Å². The summed E-state index contributed by atoms with van der Waals surface area (Å²) in [4.78, 5) is 2.57. The number of hydrogen-bond acceptors (Lipinski definition) is 2. The van der Waals surface area contributed by atoms with Gasteiger partial charge in [0.1, 0.15) is 0 Å². The van der Waals surface area contributed by atoms with Gasteiger partial charge in [0.25, 0.3) is 0 Å². The molecule has 1 aliphatic heterocycles. The van der Waals surface area contributed by atoms with Crippen LogP contribution >= 0.6 is 0 Å². The van der Waals surface area contributed by atoms with Gasteiger partial charge in [-0.2, -0.15) is 5.10 Å². The molecule has 118 valence electrons. The zero-order chi connectivity index (χ0) is 15.7. The molecule has 1 aromatic rings. The molecule has 0 spiro atoms. The molecule has 1 fully saturated rings. The van der Waals surface area contributed by atoms with Crippen molar-refractivity contribution in [2.45, 2.75) is 67.9 Å². The maximum atomic E-state index is 4.48. The van der Waals surface area contributed by atoms with E-state index < -0.39 is 0 Å². The Hall–Kier alpha value is -0.830. The smallest absolute Gasteiger partial charge is 0.0641 e. The number of piperidine rings is 1. The van der Waals surface area contributed by atoms with Crippen molar-refractivity contribution in [3.63, 3.8) is 0 Å². The molecule has 0 unspecified atom stereocenters.